The summed E-state index contributed by atoms with van der Waals surface area (Å²) in [5, 5.41) is 3.91. The van der Waals surface area contributed by atoms with Crippen LogP contribution in [0.25, 0.3) is 0 Å². The Morgan fingerprint density at radius 2 is 1.76 bits per heavy atom. The second kappa shape index (κ2) is 14.5. The monoisotopic (exact) mass is 635 g/mol. The summed E-state index contributed by atoms with van der Waals surface area (Å²) in [5.74, 6) is 1.72. The number of anilines is 2. The van der Waals surface area contributed by atoms with Crippen molar-refractivity contribution >= 4 is 35.1 Å². The number of aromatic nitrogens is 2. The van der Waals surface area contributed by atoms with Gasteiger partial charge >= 0.3 is 5.97 Å². The first kappa shape index (κ1) is 32.5. The van der Waals surface area contributed by atoms with Gasteiger partial charge < -0.3 is 24.4 Å². The quantitative estimate of drug-likeness (QED) is 0.279. The molecule has 1 atom stereocenters. The molecule has 45 heavy (non-hydrogen) atoms. The summed E-state index contributed by atoms with van der Waals surface area (Å²) in [7, 11) is 5.05. The van der Waals surface area contributed by atoms with E-state index in [0.717, 1.165) is 54.6 Å². The lowest BCUT2D eigenvalue weighted by molar-refractivity contribution is -0.139. The second-order valence-electron chi connectivity index (χ2n) is 12.1. The van der Waals surface area contributed by atoms with E-state index in [4.69, 9.17) is 35.8 Å². The maximum Gasteiger partial charge on any atom is 0.319 e. The van der Waals surface area contributed by atoms with Crippen molar-refractivity contribution in [3.63, 3.8) is 0 Å². The summed E-state index contributed by atoms with van der Waals surface area (Å²) in [6, 6.07) is 11.2. The van der Waals surface area contributed by atoms with Gasteiger partial charge in [-0.25, -0.2) is 9.97 Å². The molecule has 1 fully saturated rings. The Morgan fingerprint density at radius 3 is 2.38 bits per heavy atom. The van der Waals surface area contributed by atoms with Gasteiger partial charge in [-0.15, -0.1) is 0 Å². The van der Waals surface area contributed by atoms with Crippen LogP contribution in [0.1, 0.15) is 62.3 Å². The van der Waals surface area contributed by atoms with Crippen molar-refractivity contribution < 1.29 is 23.8 Å². The van der Waals surface area contributed by atoms with E-state index in [9.17, 15) is 9.59 Å². The molecule has 5 rings (SSSR count). The van der Waals surface area contributed by atoms with Gasteiger partial charge in [0.05, 0.1) is 57.4 Å². The summed E-state index contributed by atoms with van der Waals surface area (Å²) in [6.45, 7) is 5.05. The third-order valence-electron chi connectivity index (χ3n) is 8.56. The lowest BCUT2D eigenvalue weighted by Gasteiger charge is -2.37. The van der Waals surface area contributed by atoms with Crippen LogP contribution in [-0.2, 0) is 20.7 Å². The van der Waals surface area contributed by atoms with Gasteiger partial charge in [0.25, 0.3) is 0 Å². The first-order valence-corrected chi connectivity index (χ1v) is 15.8. The zero-order chi connectivity index (χ0) is 32.1. The van der Waals surface area contributed by atoms with Gasteiger partial charge in [0.2, 0.25) is 11.9 Å². The molecule has 3 aromatic rings. The van der Waals surface area contributed by atoms with Gasteiger partial charge in [-0.1, -0.05) is 23.7 Å². The lowest BCUT2D eigenvalue weighted by atomic mass is 9.85. The number of benzene rings is 2. The number of rotatable bonds is 11. The van der Waals surface area contributed by atoms with Crippen molar-refractivity contribution in [3.8, 4) is 11.5 Å². The summed E-state index contributed by atoms with van der Waals surface area (Å²) in [5.41, 5.74) is 3.57. The number of nitrogens with zero attached hydrogens (tertiary/aromatic N) is 4. The number of amides is 1. The predicted octanol–water partition coefficient (Wildman–Crippen LogP) is 5.36. The number of carbonyl (C=O) groups excluding carboxylic acids is 2. The average Bonchev–Trinajstić information content (AvgIpc) is 3.04. The van der Waals surface area contributed by atoms with Crippen LogP contribution in [0, 0.1) is 5.92 Å². The molecule has 1 aromatic heterocycles. The topological polar surface area (TPSA) is 106 Å². The molecule has 1 saturated carbocycles. The highest BCUT2D eigenvalue weighted by Gasteiger charge is 2.37. The smallest absolute Gasteiger partial charge is 0.319 e. The Bertz CT molecular complexity index is 1480. The van der Waals surface area contributed by atoms with Gasteiger partial charge in [-0.05, 0) is 86.4 Å². The standard InChI is InChI=1S/C34H42ClN5O5/c1-21(2)45-30-16-28-24(14-29(30)43-4)15-31(41)40(33(28)23-8-10-25(35)11-9-23)34-37-17-27(18-38-34)39(3)20-22-6-12-26(13-7-22)36-19-32(42)44-5/h8-11,14,16-18,21-22,26,33,36H,6-7,12-13,15,19-20H2,1-5H3. The predicted molar refractivity (Wildman–Crippen MR) is 174 cm³/mol. The van der Waals surface area contributed by atoms with E-state index >= 15 is 0 Å². The fourth-order valence-corrected chi connectivity index (χ4v) is 6.37. The van der Waals surface area contributed by atoms with E-state index in [-0.39, 0.29) is 30.9 Å². The van der Waals surface area contributed by atoms with Crippen molar-refractivity contribution in [2.24, 2.45) is 5.92 Å². The molecule has 240 valence electrons. The Kier molecular flexibility index (Phi) is 10.5. The fraction of sp³-hybridized carbons (Fsp3) is 0.471. The molecule has 1 unspecified atom stereocenters. The number of halogens is 1. The van der Waals surface area contributed by atoms with E-state index < -0.39 is 6.04 Å². The summed E-state index contributed by atoms with van der Waals surface area (Å²) in [4.78, 5) is 38.5. The van der Waals surface area contributed by atoms with Gasteiger partial charge in [-0.2, -0.15) is 0 Å². The second-order valence-corrected chi connectivity index (χ2v) is 12.5. The Labute approximate surface area is 270 Å². The normalized spacial score (nSPS) is 19.7. The Balaban J connectivity index is 1.36. The first-order valence-electron chi connectivity index (χ1n) is 15.4. The van der Waals surface area contributed by atoms with Gasteiger partial charge in [-0.3, -0.25) is 14.5 Å². The number of hydrogen-bond donors (Lipinski definition) is 1. The molecule has 1 aliphatic heterocycles. The van der Waals surface area contributed by atoms with Crippen molar-refractivity contribution in [2.45, 2.75) is 64.1 Å². The highest BCUT2D eigenvalue weighted by atomic mass is 35.5. The SMILES string of the molecule is COC(=O)CNC1CCC(CN(C)c2cnc(N3C(=O)Cc4cc(OC)c(OC(C)C)cc4C3c3ccc(Cl)cc3)nc2)CC1. The number of hydrogen-bond acceptors (Lipinski definition) is 9. The molecule has 11 heteroatoms. The van der Waals surface area contributed by atoms with Crippen molar-refractivity contribution in [1.29, 1.82) is 0 Å². The number of esters is 1. The molecular formula is C34H42ClN5O5. The highest BCUT2D eigenvalue weighted by molar-refractivity contribution is 6.30. The zero-order valence-electron chi connectivity index (χ0n) is 26.6. The number of carbonyl (C=O) groups is 2. The highest BCUT2D eigenvalue weighted by Crippen LogP contribution is 2.43. The minimum Gasteiger partial charge on any atom is -0.493 e. The third kappa shape index (κ3) is 7.68. The van der Waals surface area contributed by atoms with E-state index in [1.807, 2.05) is 57.3 Å². The van der Waals surface area contributed by atoms with Crippen LogP contribution in [0.5, 0.6) is 11.5 Å². The average molecular weight is 636 g/mol. The van der Waals surface area contributed by atoms with Crippen LogP contribution in [-0.4, -0.2) is 68.3 Å². The summed E-state index contributed by atoms with van der Waals surface area (Å²) in [6.07, 6.45) is 7.87. The first-order chi connectivity index (χ1) is 21.7. The number of nitrogens with one attached hydrogen (secondary N) is 1. The van der Waals surface area contributed by atoms with Gasteiger partial charge in [0.1, 0.15) is 0 Å². The number of fused-ring (bicyclic) bond motifs is 1. The molecule has 10 nitrogen and oxygen atoms in total. The summed E-state index contributed by atoms with van der Waals surface area (Å²) < 4.78 is 16.5. The largest absolute Gasteiger partial charge is 0.493 e. The lowest BCUT2D eigenvalue weighted by Crippen LogP contribution is -2.42. The van der Waals surface area contributed by atoms with Crippen molar-refractivity contribution in [1.82, 2.24) is 15.3 Å². The Hall–Kier alpha value is -3.89. The van der Waals surface area contributed by atoms with Crippen molar-refractivity contribution in [2.75, 3.05) is 44.2 Å². The number of ether oxygens (including phenoxy) is 3. The number of methoxy groups -OCH3 is 2. The van der Waals surface area contributed by atoms with Gasteiger partial charge in [0.15, 0.2) is 11.5 Å². The van der Waals surface area contributed by atoms with Gasteiger partial charge in [0, 0.05) is 24.7 Å². The van der Waals surface area contributed by atoms with E-state index in [1.54, 1.807) is 24.4 Å². The molecule has 1 amide bonds. The third-order valence-corrected chi connectivity index (χ3v) is 8.81. The van der Waals surface area contributed by atoms with E-state index in [1.165, 1.54) is 7.11 Å². The van der Waals surface area contributed by atoms with Crippen LogP contribution < -0.4 is 24.6 Å². The molecule has 0 radical (unpaired) electrons. The van der Waals surface area contributed by atoms with Crippen LogP contribution in [0.2, 0.25) is 5.02 Å². The molecule has 1 N–H and O–H groups in total. The molecule has 2 heterocycles. The maximum absolute atomic E-state index is 13.8. The van der Waals surface area contributed by atoms with Crippen LogP contribution in [0.3, 0.4) is 0 Å². The Morgan fingerprint density at radius 1 is 1.07 bits per heavy atom. The minimum atomic E-state index is -0.481. The fourth-order valence-electron chi connectivity index (χ4n) is 6.24. The molecule has 0 bridgehead atoms. The van der Waals surface area contributed by atoms with Crippen LogP contribution in [0.15, 0.2) is 48.8 Å². The van der Waals surface area contributed by atoms with Crippen molar-refractivity contribution in [3.05, 3.63) is 70.5 Å². The zero-order valence-corrected chi connectivity index (χ0v) is 27.3. The molecule has 0 spiro atoms. The molecule has 2 aliphatic rings. The van der Waals surface area contributed by atoms with Crippen LogP contribution >= 0.6 is 11.6 Å². The molecule has 0 saturated heterocycles. The maximum atomic E-state index is 13.8. The summed E-state index contributed by atoms with van der Waals surface area (Å²) >= 11 is 6.24. The minimum absolute atomic E-state index is 0.0570. The molecule has 2 aromatic carbocycles. The van der Waals surface area contributed by atoms with E-state index in [2.05, 4.69) is 10.2 Å². The van der Waals surface area contributed by atoms with Crippen LogP contribution in [0.4, 0.5) is 11.6 Å². The molecular weight excluding hydrogens is 594 g/mol. The van der Waals surface area contributed by atoms with E-state index in [0.29, 0.717) is 34.4 Å². The molecule has 1 aliphatic carbocycles.